The third-order valence-electron chi connectivity index (χ3n) is 3.80. The molecule has 0 aliphatic heterocycles. The predicted molar refractivity (Wildman–Crippen MR) is 88.7 cm³/mol. The minimum absolute atomic E-state index is 0.182. The maximum Gasteiger partial charge on any atom is 0.339 e. The Hall–Kier alpha value is -1.57. The van der Waals surface area contributed by atoms with Crippen molar-refractivity contribution < 1.29 is 9.53 Å². The summed E-state index contributed by atoms with van der Waals surface area (Å²) in [6, 6.07) is 5.84. The number of hydrogen-bond donors (Lipinski definition) is 0. The summed E-state index contributed by atoms with van der Waals surface area (Å²) >= 11 is 0. The van der Waals surface area contributed by atoms with Gasteiger partial charge in [0.1, 0.15) is 6.10 Å². The Balaban J connectivity index is 2.53. The molecule has 1 aromatic rings. The summed E-state index contributed by atoms with van der Waals surface area (Å²) < 4.78 is 5.60. The number of rotatable bonds is 9. The second-order valence-electron chi connectivity index (χ2n) is 5.65. The molecule has 1 aromatic carbocycles. The molecule has 0 radical (unpaired) electrons. The largest absolute Gasteiger partial charge is 0.455 e. The summed E-state index contributed by atoms with van der Waals surface area (Å²) in [7, 11) is 0. The van der Waals surface area contributed by atoms with Crippen molar-refractivity contribution >= 4 is 5.97 Å². The summed E-state index contributed by atoms with van der Waals surface area (Å²) in [5.74, 6) is -0.232. The lowest BCUT2D eigenvalue weighted by atomic mass is 10.0. The normalized spacial score (nSPS) is 12.0. The second-order valence-corrected chi connectivity index (χ2v) is 5.65. The van der Waals surface area contributed by atoms with E-state index in [2.05, 4.69) is 13.5 Å². The fourth-order valence-corrected chi connectivity index (χ4v) is 2.51. The Morgan fingerprint density at radius 1 is 1.19 bits per heavy atom. The van der Waals surface area contributed by atoms with Crippen LogP contribution in [-0.4, -0.2) is 12.1 Å². The third kappa shape index (κ3) is 5.74. The van der Waals surface area contributed by atoms with Gasteiger partial charge in [0.15, 0.2) is 0 Å². The molecule has 0 saturated carbocycles. The van der Waals surface area contributed by atoms with Crippen LogP contribution in [0.3, 0.4) is 0 Å². The number of carbonyl (C=O) groups excluding carboxylic acids is 1. The lowest BCUT2D eigenvalue weighted by Gasteiger charge is -2.16. The van der Waals surface area contributed by atoms with E-state index >= 15 is 0 Å². The molecule has 0 N–H and O–H groups in total. The third-order valence-corrected chi connectivity index (χ3v) is 3.80. The van der Waals surface area contributed by atoms with Gasteiger partial charge in [0.2, 0.25) is 0 Å². The average molecular weight is 288 g/mol. The van der Waals surface area contributed by atoms with Crippen molar-refractivity contribution in [2.24, 2.45) is 0 Å². The zero-order valence-electron chi connectivity index (χ0n) is 13.7. The number of benzene rings is 1. The molecule has 2 heteroatoms. The topological polar surface area (TPSA) is 26.3 Å². The van der Waals surface area contributed by atoms with Gasteiger partial charge in [-0.3, -0.25) is 0 Å². The standard InChI is InChI=1S/C19H28O2/c1-5-7-8-9-10-14-17(6-2)21-19(20)18-15(3)12-11-13-16(18)4/h6,11-13,17H,2,5,7-10,14H2,1,3-4H3/t17-/m0/s1. The summed E-state index contributed by atoms with van der Waals surface area (Å²) in [6.45, 7) is 9.88. The highest BCUT2D eigenvalue weighted by Crippen LogP contribution is 2.17. The van der Waals surface area contributed by atoms with E-state index in [4.69, 9.17) is 4.74 Å². The van der Waals surface area contributed by atoms with Crippen LogP contribution in [0.2, 0.25) is 0 Å². The van der Waals surface area contributed by atoms with Crippen molar-refractivity contribution in [1.29, 1.82) is 0 Å². The van der Waals surface area contributed by atoms with E-state index in [1.165, 1.54) is 25.7 Å². The zero-order valence-corrected chi connectivity index (χ0v) is 13.7. The van der Waals surface area contributed by atoms with Gasteiger partial charge in [-0.25, -0.2) is 4.79 Å². The Morgan fingerprint density at radius 3 is 2.38 bits per heavy atom. The number of unbranched alkanes of at least 4 members (excludes halogenated alkanes) is 4. The molecular weight excluding hydrogens is 260 g/mol. The molecule has 1 rings (SSSR count). The van der Waals surface area contributed by atoms with Gasteiger partial charge >= 0.3 is 5.97 Å². The quantitative estimate of drug-likeness (QED) is 0.346. The van der Waals surface area contributed by atoms with Crippen LogP contribution in [0, 0.1) is 13.8 Å². The molecule has 0 fully saturated rings. The van der Waals surface area contributed by atoms with Gasteiger partial charge in [0.05, 0.1) is 5.56 Å². The molecule has 0 saturated heterocycles. The molecule has 0 aromatic heterocycles. The van der Waals surface area contributed by atoms with Crippen molar-refractivity contribution in [2.75, 3.05) is 0 Å². The van der Waals surface area contributed by atoms with Gasteiger partial charge in [0, 0.05) is 0 Å². The first-order valence-corrected chi connectivity index (χ1v) is 7.99. The summed E-state index contributed by atoms with van der Waals surface area (Å²) in [5, 5.41) is 0. The summed E-state index contributed by atoms with van der Waals surface area (Å²) in [6.07, 6.45) is 8.47. The van der Waals surface area contributed by atoms with Crippen LogP contribution >= 0.6 is 0 Å². The smallest absolute Gasteiger partial charge is 0.339 e. The van der Waals surface area contributed by atoms with Crippen molar-refractivity contribution in [3.63, 3.8) is 0 Å². The molecule has 0 aliphatic carbocycles. The molecule has 116 valence electrons. The van der Waals surface area contributed by atoms with E-state index in [0.29, 0.717) is 5.56 Å². The van der Waals surface area contributed by atoms with Gasteiger partial charge in [0.25, 0.3) is 0 Å². The van der Waals surface area contributed by atoms with E-state index in [-0.39, 0.29) is 12.1 Å². The number of aryl methyl sites for hydroxylation is 2. The highest BCUT2D eigenvalue weighted by atomic mass is 16.5. The first-order chi connectivity index (χ1) is 10.1. The number of carbonyl (C=O) groups is 1. The van der Waals surface area contributed by atoms with Crippen molar-refractivity contribution in [2.45, 2.75) is 65.4 Å². The van der Waals surface area contributed by atoms with E-state index in [9.17, 15) is 4.79 Å². The van der Waals surface area contributed by atoms with E-state index < -0.39 is 0 Å². The van der Waals surface area contributed by atoms with Gasteiger partial charge in [-0.15, -0.1) is 0 Å². The first-order valence-electron chi connectivity index (χ1n) is 7.99. The molecule has 2 nitrogen and oxygen atoms in total. The van der Waals surface area contributed by atoms with Crippen molar-refractivity contribution in [3.8, 4) is 0 Å². The summed E-state index contributed by atoms with van der Waals surface area (Å²) in [5.41, 5.74) is 2.62. The Labute approximate surface area is 129 Å². The van der Waals surface area contributed by atoms with Crippen molar-refractivity contribution in [3.05, 3.63) is 47.5 Å². The number of esters is 1. The van der Waals surface area contributed by atoms with E-state index in [1.54, 1.807) is 6.08 Å². The van der Waals surface area contributed by atoms with Gasteiger partial charge in [-0.1, -0.05) is 63.5 Å². The Kier molecular flexibility index (Phi) is 7.81. The fourth-order valence-electron chi connectivity index (χ4n) is 2.51. The van der Waals surface area contributed by atoms with E-state index in [1.807, 2.05) is 32.0 Å². The van der Waals surface area contributed by atoms with Crippen LogP contribution in [0.15, 0.2) is 30.9 Å². The van der Waals surface area contributed by atoms with E-state index in [0.717, 1.165) is 24.0 Å². The predicted octanol–water partition coefficient (Wildman–Crippen LogP) is 5.38. The molecular formula is C19H28O2. The monoisotopic (exact) mass is 288 g/mol. The number of ether oxygens (including phenoxy) is 1. The maximum absolute atomic E-state index is 12.3. The molecule has 0 bridgehead atoms. The van der Waals surface area contributed by atoms with Crippen LogP contribution in [0.4, 0.5) is 0 Å². The van der Waals surface area contributed by atoms with Crippen LogP contribution < -0.4 is 0 Å². The number of hydrogen-bond acceptors (Lipinski definition) is 2. The molecule has 0 aliphatic rings. The van der Waals surface area contributed by atoms with Crippen LogP contribution in [-0.2, 0) is 4.74 Å². The SMILES string of the molecule is C=C[C@@H](CCCCCCC)OC(=O)c1c(C)cccc1C. The van der Waals surface area contributed by atoms with Crippen LogP contribution in [0.5, 0.6) is 0 Å². The van der Waals surface area contributed by atoms with Gasteiger partial charge in [-0.2, -0.15) is 0 Å². The zero-order chi connectivity index (χ0) is 15.7. The first kappa shape index (κ1) is 17.5. The molecule has 1 atom stereocenters. The fraction of sp³-hybridized carbons (Fsp3) is 0.526. The maximum atomic E-state index is 12.3. The second kappa shape index (κ2) is 9.38. The highest BCUT2D eigenvalue weighted by Gasteiger charge is 2.16. The lowest BCUT2D eigenvalue weighted by Crippen LogP contribution is -2.17. The highest BCUT2D eigenvalue weighted by molar-refractivity contribution is 5.92. The molecule has 21 heavy (non-hydrogen) atoms. The van der Waals surface area contributed by atoms with Gasteiger partial charge in [-0.05, 0) is 37.8 Å². The average Bonchev–Trinajstić information content (AvgIpc) is 2.45. The van der Waals surface area contributed by atoms with Crippen LogP contribution in [0.1, 0.15) is 66.9 Å². The minimum Gasteiger partial charge on any atom is -0.455 e. The molecule has 0 heterocycles. The van der Waals surface area contributed by atoms with Crippen LogP contribution in [0.25, 0.3) is 0 Å². The Bertz CT molecular complexity index is 442. The van der Waals surface area contributed by atoms with Gasteiger partial charge < -0.3 is 4.74 Å². The minimum atomic E-state index is -0.232. The van der Waals surface area contributed by atoms with Crippen molar-refractivity contribution in [1.82, 2.24) is 0 Å². The molecule has 0 amide bonds. The lowest BCUT2D eigenvalue weighted by molar-refractivity contribution is 0.0375. The molecule has 0 spiro atoms. The summed E-state index contributed by atoms with van der Waals surface area (Å²) in [4.78, 5) is 12.3. The Morgan fingerprint density at radius 2 is 1.81 bits per heavy atom. The molecule has 0 unspecified atom stereocenters.